The van der Waals surface area contributed by atoms with Gasteiger partial charge < -0.3 is 20.5 Å². The Morgan fingerprint density at radius 1 is 1.11 bits per heavy atom. The molecular formula is C18H18N6O4. The molecule has 3 N–H and O–H groups in total. The number of aryl methyl sites for hydroxylation is 1. The van der Waals surface area contributed by atoms with Crippen LogP contribution < -0.4 is 20.5 Å². The summed E-state index contributed by atoms with van der Waals surface area (Å²) in [6.07, 6.45) is 0. The van der Waals surface area contributed by atoms with Crippen LogP contribution in [0.25, 0.3) is 0 Å². The molecule has 0 spiro atoms. The molecule has 0 aliphatic carbocycles. The topological polar surface area (TPSA) is 138 Å². The number of anilines is 3. The van der Waals surface area contributed by atoms with Crippen molar-refractivity contribution in [3.05, 3.63) is 64.0 Å². The Morgan fingerprint density at radius 3 is 2.54 bits per heavy atom. The summed E-state index contributed by atoms with van der Waals surface area (Å²) < 4.78 is 10.8. The van der Waals surface area contributed by atoms with Gasteiger partial charge in [-0.15, -0.1) is 0 Å². The highest BCUT2D eigenvalue weighted by atomic mass is 16.6. The van der Waals surface area contributed by atoms with Crippen molar-refractivity contribution in [2.45, 2.75) is 13.5 Å². The highest BCUT2D eigenvalue weighted by Crippen LogP contribution is 2.31. The molecule has 0 bridgehead atoms. The van der Waals surface area contributed by atoms with Crippen LogP contribution in [0.5, 0.6) is 11.5 Å². The fraction of sp³-hybridized carbons (Fsp3) is 0.167. The summed E-state index contributed by atoms with van der Waals surface area (Å²) in [4.78, 5) is 22.8. The van der Waals surface area contributed by atoms with E-state index in [0.29, 0.717) is 5.75 Å². The molecule has 1 heterocycles. The molecule has 0 aliphatic rings. The van der Waals surface area contributed by atoms with E-state index in [-0.39, 0.29) is 35.8 Å². The largest absolute Gasteiger partial charge is 0.493 e. The number of methoxy groups -OCH3 is 1. The standard InChI is InChI=1S/C18H18N6O4/c1-11-3-5-12(6-4-11)20-18-22-16(21-17(19)23-18)10-28-15-9-13(24(25)26)7-8-14(15)27-2/h3-9H,10H2,1-2H3,(H3,19,20,21,22,23). The Bertz CT molecular complexity index is 994. The first-order chi connectivity index (χ1) is 13.4. The van der Waals surface area contributed by atoms with Crippen molar-refractivity contribution in [2.24, 2.45) is 0 Å². The van der Waals surface area contributed by atoms with E-state index in [9.17, 15) is 10.1 Å². The molecule has 28 heavy (non-hydrogen) atoms. The maximum atomic E-state index is 11.0. The van der Waals surface area contributed by atoms with E-state index in [2.05, 4.69) is 20.3 Å². The van der Waals surface area contributed by atoms with Gasteiger partial charge in [0.2, 0.25) is 11.9 Å². The van der Waals surface area contributed by atoms with Crippen LogP contribution in [-0.4, -0.2) is 27.0 Å². The van der Waals surface area contributed by atoms with Crippen LogP contribution in [0.3, 0.4) is 0 Å². The highest BCUT2D eigenvalue weighted by Gasteiger charge is 2.14. The molecule has 10 heteroatoms. The van der Waals surface area contributed by atoms with Gasteiger partial charge in [0.1, 0.15) is 6.61 Å². The minimum absolute atomic E-state index is 0.0224. The number of nitrogens with zero attached hydrogens (tertiary/aromatic N) is 4. The van der Waals surface area contributed by atoms with Gasteiger partial charge in [-0.2, -0.15) is 15.0 Å². The normalized spacial score (nSPS) is 10.4. The second-order valence-corrected chi connectivity index (χ2v) is 5.81. The zero-order valence-corrected chi connectivity index (χ0v) is 15.2. The van der Waals surface area contributed by atoms with E-state index in [0.717, 1.165) is 11.3 Å². The lowest BCUT2D eigenvalue weighted by Gasteiger charge is -2.11. The molecule has 0 saturated carbocycles. The molecule has 3 aromatic rings. The van der Waals surface area contributed by atoms with Crippen LogP contribution in [0.2, 0.25) is 0 Å². The molecule has 3 rings (SSSR count). The van der Waals surface area contributed by atoms with Gasteiger partial charge in [-0.1, -0.05) is 17.7 Å². The van der Waals surface area contributed by atoms with Gasteiger partial charge in [-0.05, 0) is 25.1 Å². The lowest BCUT2D eigenvalue weighted by Crippen LogP contribution is -2.09. The molecule has 0 aliphatic heterocycles. The van der Waals surface area contributed by atoms with Crippen LogP contribution in [0.1, 0.15) is 11.4 Å². The molecule has 0 atom stereocenters. The predicted molar refractivity (Wildman–Crippen MR) is 103 cm³/mol. The Morgan fingerprint density at radius 2 is 1.86 bits per heavy atom. The molecule has 144 valence electrons. The third kappa shape index (κ3) is 4.61. The summed E-state index contributed by atoms with van der Waals surface area (Å²) >= 11 is 0. The van der Waals surface area contributed by atoms with Crippen molar-refractivity contribution in [1.82, 2.24) is 15.0 Å². The summed E-state index contributed by atoms with van der Waals surface area (Å²) in [5.41, 5.74) is 7.56. The highest BCUT2D eigenvalue weighted by molar-refractivity contribution is 5.54. The third-order valence-electron chi connectivity index (χ3n) is 3.72. The molecule has 2 aromatic carbocycles. The average molecular weight is 382 g/mol. The Hall–Kier alpha value is -3.95. The number of nitro benzene ring substituents is 1. The fourth-order valence-corrected chi connectivity index (χ4v) is 2.36. The molecule has 1 aromatic heterocycles. The second-order valence-electron chi connectivity index (χ2n) is 5.81. The molecule has 0 radical (unpaired) electrons. The monoisotopic (exact) mass is 382 g/mol. The van der Waals surface area contributed by atoms with Crippen LogP contribution in [0.4, 0.5) is 23.3 Å². The van der Waals surface area contributed by atoms with E-state index >= 15 is 0 Å². The number of nitrogen functional groups attached to an aromatic ring is 1. The van der Waals surface area contributed by atoms with Crippen molar-refractivity contribution < 1.29 is 14.4 Å². The number of nitrogens with two attached hydrogens (primary N) is 1. The van der Waals surface area contributed by atoms with Crippen LogP contribution in [0, 0.1) is 17.0 Å². The smallest absolute Gasteiger partial charge is 0.273 e. The van der Waals surface area contributed by atoms with Crippen LogP contribution in [0.15, 0.2) is 42.5 Å². The van der Waals surface area contributed by atoms with E-state index < -0.39 is 4.92 Å². The first kappa shape index (κ1) is 18.8. The third-order valence-corrected chi connectivity index (χ3v) is 3.72. The van der Waals surface area contributed by atoms with Crippen molar-refractivity contribution in [3.63, 3.8) is 0 Å². The summed E-state index contributed by atoms with van der Waals surface area (Å²) in [6.45, 7) is 1.91. The Labute approximate surface area is 160 Å². The SMILES string of the molecule is COc1ccc([N+](=O)[O-])cc1OCc1nc(N)nc(Nc2ccc(C)cc2)n1. The first-order valence-corrected chi connectivity index (χ1v) is 8.24. The van der Waals surface area contributed by atoms with E-state index in [4.69, 9.17) is 15.2 Å². The summed E-state index contributed by atoms with van der Waals surface area (Å²) in [5.74, 6) is 1.10. The van der Waals surface area contributed by atoms with E-state index in [1.807, 2.05) is 31.2 Å². The van der Waals surface area contributed by atoms with Gasteiger partial charge in [-0.3, -0.25) is 10.1 Å². The number of aromatic nitrogens is 3. The first-order valence-electron chi connectivity index (χ1n) is 8.24. The maximum Gasteiger partial charge on any atom is 0.273 e. The number of benzene rings is 2. The van der Waals surface area contributed by atoms with E-state index in [1.165, 1.54) is 25.3 Å². The van der Waals surface area contributed by atoms with Gasteiger partial charge in [0.25, 0.3) is 5.69 Å². The van der Waals surface area contributed by atoms with Crippen molar-refractivity contribution in [1.29, 1.82) is 0 Å². The van der Waals surface area contributed by atoms with Crippen molar-refractivity contribution in [2.75, 3.05) is 18.2 Å². The minimum Gasteiger partial charge on any atom is -0.493 e. The Kier molecular flexibility index (Phi) is 5.49. The number of nitrogens with one attached hydrogen (secondary N) is 1. The Balaban J connectivity index is 1.78. The van der Waals surface area contributed by atoms with Crippen LogP contribution in [-0.2, 0) is 6.61 Å². The maximum absolute atomic E-state index is 11.0. The molecule has 0 unspecified atom stereocenters. The lowest BCUT2D eigenvalue weighted by molar-refractivity contribution is -0.385. The van der Waals surface area contributed by atoms with Gasteiger partial charge in [-0.25, -0.2) is 0 Å². The predicted octanol–water partition coefficient (Wildman–Crippen LogP) is 3.00. The number of non-ortho nitro benzene ring substituents is 1. The van der Waals surface area contributed by atoms with Gasteiger partial charge in [0.15, 0.2) is 17.3 Å². The zero-order chi connectivity index (χ0) is 20.1. The number of rotatable bonds is 7. The van der Waals surface area contributed by atoms with Crippen molar-refractivity contribution >= 4 is 23.3 Å². The quantitative estimate of drug-likeness (QED) is 0.466. The average Bonchev–Trinajstić information content (AvgIpc) is 2.67. The molecule has 0 amide bonds. The molecular weight excluding hydrogens is 364 g/mol. The molecule has 0 saturated heterocycles. The molecule has 10 nitrogen and oxygen atoms in total. The minimum atomic E-state index is -0.517. The van der Waals surface area contributed by atoms with Gasteiger partial charge in [0, 0.05) is 11.8 Å². The summed E-state index contributed by atoms with van der Waals surface area (Å²) in [6, 6.07) is 11.7. The van der Waals surface area contributed by atoms with E-state index in [1.54, 1.807) is 0 Å². The van der Waals surface area contributed by atoms with Crippen molar-refractivity contribution in [3.8, 4) is 11.5 Å². The van der Waals surface area contributed by atoms with Crippen LogP contribution >= 0.6 is 0 Å². The summed E-state index contributed by atoms with van der Waals surface area (Å²) in [7, 11) is 1.44. The van der Waals surface area contributed by atoms with Gasteiger partial charge >= 0.3 is 0 Å². The summed E-state index contributed by atoms with van der Waals surface area (Å²) in [5, 5.41) is 14.0. The fourth-order valence-electron chi connectivity index (χ4n) is 2.36. The number of hydrogen-bond acceptors (Lipinski definition) is 9. The van der Waals surface area contributed by atoms with Gasteiger partial charge in [0.05, 0.1) is 18.1 Å². The zero-order valence-electron chi connectivity index (χ0n) is 15.2. The number of hydrogen-bond donors (Lipinski definition) is 2. The second kappa shape index (κ2) is 8.16. The number of nitro groups is 1. The number of ether oxygens (including phenoxy) is 2. The lowest BCUT2D eigenvalue weighted by atomic mass is 10.2. The molecule has 0 fully saturated rings.